The predicted octanol–water partition coefficient (Wildman–Crippen LogP) is 2.55. The summed E-state index contributed by atoms with van der Waals surface area (Å²) in [6, 6.07) is 17.3. The summed E-state index contributed by atoms with van der Waals surface area (Å²) in [4.78, 5) is 13.6. The first-order chi connectivity index (χ1) is 15.6. The highest BCUT2D eigenvalue weighted by Crippen LogP contribution is 2.25. The molecule has 0 bridgehead atoms. The average molecular weight is 450 g/mol. The highest BCUT2D eigenvalue weighted by Gasteiger charge is 2.28. The number of aromatic nitrogens is 2. The van der Waals surface area contributed by atoms with E-state index in [4.69, 9.17) is 0 Å². The van der Waals surface area contributed by atoms with E-state index >= 15 is 0 Å². The number of benzene rings is 2. The lowest BCUT2D eigenvalue weighted by Gasteiger charge is -2.34. The number of fused-ring (bicyclic) bond motifs is 1. The van der Waals surface area contributed by atoms with E-state index < -0.39 is 10.0 Å². The van der Waals surface area contributed by atoms with Crippen molar-refractivity contribution in [2.24, 2.45) is 0 Å². The molecule has 1 saturated heterocycles. The van der Waals surface area contributed by atoms with Crippen LogP contribution in [0.4, 0.5) is 5.95 Å². The third-order valence-corrected chi connectivity index (χ3v) is 8.09. The molecule has 166 valence electrons. The number of anilines is 1. The van der Waals surface area contributed by atoms with E-state index in [9.17, 15) is 8.42 Å². The van der Waals surface area contributed by atoms with Crippen LogP contribution in [0.25, 0.3) is 0 Å². The van der Waals surface area contributed by atoms with Crippen LogP contribution in [-0.4, -0.2) is 60.3 Å². The van der Waals surface area contributed by atoms with Crippen molar-refractivity contribution in [3.05, 3.63) is 83.7 Å². The van der Waals surface area contributed by atoms with Gasteiger partial charge in [-0.2, -0.15) is 4.31 Å². The molecule has 5 rings (SSSR count). The van der Waals surface area contributed by atoms with E-state index in [2.05, 4.69) is 25.8 Å². The van der Waals surface area contributed by atoms with Gasteiger partial charge >= 0.3 is 0 Å². The van der Waals surface area contributed by atoms with E-state index in [1.54, 1.807) is 22.8 Å². The standard InChI is InChI=1S/C24H27N5O2S/c30-32(31,29-12-9-21-6-1-2-7-22(21)19-29)23-8-3-5-20(17-23)18-27-13-15-28(16-14-27)24-25-10-4-11-26-24/h1-8,10-11,17H,9,12-16,18-19H2. The van der Waals surface area contributed by atoms with Crippen molar-refractivity contribution < 1.29 is 8.42 Å². The van der Waals surface area contributed by atoms with E-state index in [1.807, 2.05) is 42.5 Å². The van der Waals surface area contributed by atoms with Gasteiger partial charge in [0, 0.05) is 58.2 Å². The fourth-order valence-electron chi connectivity index (χ4n) is 4.45. The van der Waals surface area contributed by atoms with Crippen LogP contribution in [0.3, 0.4) is 0 Å². The predicted molar refractivity (Wildman–Crippen MR) is 124 cm³/mol. The Morgan fingerprint density at radius 3 is 2.34 bits per heavy atom. The first kappa shape index (κ1) is 21.1. The topological polar surface area (TPSA) is 69.6 Å². The summed E-state index contributed by atoms with van der Waals surface area (Å²) < 4.78 is 28.3. The number of hydrogen-bond acceptors (Lipinski definition) is 6. The van der Waals surface area contributed by atoms with Crippen molar-refractivity contribution in [3.8, 4) is 0 Å². The lowest BCUT2D eigenvalue weighted by atomic mass is 10.0. The summed E-state index contributed by atoms with van der Waals surface area (Å²) in [6.07, 6.45) is 4.29. The summed E-state index contributed by atoms with van der Waals surface area (Å²) in [6.45, 7) is 5.18. The summed E-state index contributed by atoms with van der Waals surface area (Å²) in [5, 5.41) is 0. The van der Waals surface area contributed by atoms with Gasteiger partial charge in [0.25, 0.3) is 0 Å². The maximum atomic E-state index is 13.3. The second-order valence-corrected chi connectivity index (χ2v) is 10.3. The maximum Gasteiger partial charge on any atom is 0.243 e. The number of hydrogen-bond donors (Lipinski definition) is 0. The Bertz CT molecular complexity index is 1180. The number of sulfonamides is 1. The Balaban J connectivity index is 1.25. The summed E-state index contributed by atoms with van der Waals surface area (Å²) in [5.41, 5.74) is 3.36. The van der Waals surface area contributed by atoms with Crippen molar-refractivity contribution >= 4 is 16.0 Å². The highest BCUT2D eigenvalue weighted by atomic mass is 32.2. The lowest BCUT2D eigenvalue weighted by molar-refractivity contribution is 0.248. The molecule has 3 aromatic rings. The van der Waals surface area contributed by atoms with Gasteiger partial charge < -0.3 is 4.90 Å². The Morgan fingerprint density at radius 2 is 1.56 bits per heavy atom. The molecule has 0 spiro atoms. The Morgan fingerprint density at radius 1 is 0.812 bits per heavy atom. The number of nitrogens with zero attached hydrogens (tertiary/aromatic N) is 5. The van der Waals surface area contributed by atoms with Crippen molar-refractivity contribution in [2.75, 3.05) is 37.6 Å². The molecule has 8 heteroatoms. The second kappa shape index (κ2) is 8.97. The largest absolute Gasteiger partial charge is 0.338 e. The SMILES string of the molecule is O=S(=O)(c1cccc(CN2CCN(c3ncccn3)CC2)c1)N1CCc2ccccc2C1. The third-order valence-electron chi connectivity index (χ3n) is 6.25. The van der Waals surface area contributed by atoms with Crippen LogP contribution in [0.2, 0.25) is 0 Å². The van der Waals surface area contributed by atoms with Crippen LogP contribution in [0.5, 0.6) is 0 Å². The Kier molecular flexibility index (Phi) is 5.91. The highest BCUT2D eigenvalue weighted by molar-refractivity contribution is 7.89. The molecule has 0 aliphatic carbocycles. The van der Waals surface area contributed by atoms with Gasteiger partial charge in [0.15, 0.2) is 0 Å². The zero-order chi connectivity index (χ0) is 22.0. The zero-order valence-corrected chi connectivity index (χ0v) is 18.8. The Labute approximate surface area is 189 Å². The lowest BCUT2D eigenvalue weighted by Crippen LogP contribution is -2.46. The number of rotatable bonds is 5. The molecule has 0 unspecified atom stereocenters. The molecule has 0 N–H and O–H groups in total. The minimum absolute atomic E-state index is 0.380. The third kappa shape index (κ3) is 4.39. The maximum absolute atomic E-state index is 13.3. The molecule has 1 fully saturated rings. The van der Waals surface area contributed by atoms with E-state index in [0.29, 0.717) is 18.0 Å². The first-order valence-corrected chi connectivity index (χ1v) is 12.4. The normalized spacial score (nSPS) is 17.8. The minimum Gasteiger partial charge on any atom is -0.338 e. The van der Waals surface area contributed by atoms with Gasteiger partial charge in [0.2, 0.25) is 16.0 Å². The Hall–Kier alpha value is -2.81. The van der Waals surface area contributed by atoms with Crippen LogP contribution < -0.4 is 4.90 Å². The zero-order valence-electron chi connectivity index (χ0n) is 18.0. The van der Waals surface area contributed by atoms with Crippen molar-refractivity contribution in [1.29, 1.82) is 0 Å². The quantitative estimate of drug-likeness (QED) is 0.596. The summed E-state index contributed by atoms with van der Waals surface area (Å²) in [5.74, 6) is 0.767. The summed E-state index contributed by atoms with van der Waals surface area (Å²) >= 11 is 0. The van der Waals surface area contributed by atoms with Gasteiger partial charge in [-0.05, 0) is 41.3 Å². The molecule has 2 aliphatic rings. The molecule has 1 aromatic heterocycles. The smallest absolute Gasteiger partial charge is 0.243 e. The number of piperazine rings is 1. The molecule has 2 aliphatic heterocycles. The van der Waals surface area contributed by atoms with Crippen LogP contribution in [0.1, 0.15) is 16.7 Å². The molecule has 0 atom stereocenters. The van der Waals surface area contributed by atoms with Gasteiger partial charge in [-0.3, -0.25) is 4.90 Å². The molecule has 0 amide bonds. The van der Waals surface area contributed by atoms with Gasteiger partial charge in [-0.25, -0.2) is 18.4 Å². The van der Waals surface area contributed by atoms with Crippen LogP contribution >= 0.6 is 0 Å². The second-order valence-electron chi connectivity index (χ2n) is 8.32. The molecule has 0 saturated carbocycles. The van der Waals surface area contributed by atoms with Gasteiger partial charge in [-0.15, -0.1) is 0 Å². The minimum atomic E-state index is -3.52. The van der Waals surface area contributed by atoms with Gasteiger partial charge in [-0.1, -0.05) is 36.4 Å². The molecular formula is C24H27N5O2S. The average Bonchev–Trinajstić information content (AvgIpc) is 2.85. The van der Waals surface area contributed by atoms with Crippen molar-refractivity contribution in [3.63, 3.8) is 0 Å². The summed E-state index contributed by atoms with van der Waals surface area (Å²) in [7, 11) is -3.52. The van der Waals surface area contributed by atoms with Gasteiger partial charge in [0.05, 0.1) is 4.90 Å². The van der Waals surface area contributed by atoms with E-state index in [-0.39, 0.29) is 0 Å². The van der Waals surface area contributed by atoms with E-state index in [0.717, 1.165) is 56.2 Å². The van der Waals surface area contributed by atoms with E-state index in [1.165, 1.54) is 5.56 Å². The first-order valence-electron chi connectivity index (χ1n) is 11.0. The fraction of sp³-hybridized carbons (Fsp3) is 0.333. The fourth-order valence-corrected chi connectivity index (χ4v) is 5.94. The van der Waals surface area contributed by atoms with Gasteiger partial charge in [0.1, 0.15) is 0 Å². The molecule has 3 heterocycles. The molecule has 2 aromatic carbocycles. The molecular weight excluding hydrogens is 422 g/mol. The van der Waals surface area contributed by atoms with Crippen LogP contribution in [-0.2, 0) is 29.5 Å². The molecule has 32 heavy (non-hydrogen) atoms. The van der Waals surface area contributed by atoms with Crippen LogP contribution in [0.15, 0.2) is 71.9 Å². The van der Waals surface area contributed by atoms with Crippen molar-refractivity contribution in [2.45, 2.75) is 24.4 Å². The van der Waals surface area contributed by atoms with Crippen molar-refractivity contribution in [1.82, 2.24) is 19.2 Å². The van der Waals surface area contributed by atoms with Crippen LogP contribution in [0, 0.1) is 0 Å². The molecule has 7 nitrogen and oxygen atoms in total. The monoisotopic (exact) mass is 449 g/mol. The molecule has 0 radical (unpaired) electrons.